The predicted octanol–water partition coefficient (Wildman–Crippen LogP) is -4.94. The third-order valence-corrected chi connectivity index (χ3v) is 5.36. The third-order valence-electron chi connectivity index (χ3n) is 3.70. The van der Waals surface area contributed by atoms with E-state index >= 15 is 0 Å². The van der Waals surface area contributed by atoms with Crippen molar-refractivity contribution in [1.82, 2.24) is 9.55 Å². The van der Waals surface area contributed by atoms with Gasteiger partial charge in [0, 0.05) is 12.3 Å². The van der Waals surface area contributed by atoms with Gasteiger partial charge in [-0.25, -0.2) is 17.3 Å². The van der Waals surface area contributed by atoms with E-state index in [9.17, 15) is 50.2 Å². The van der Waals surface area contributed by atoms with E-state index in [4.69, 9.17) is 4.74 Å². The van der Waals surface area contributed by atoms with Crippen molar-refractivity contribution in [2.75, 3.05) is 18.8 Å². The third kappa shape index (κ3) is 5.59. The van der Waals surface area contributed by atoms with Crippen molar-refractivity contribution in [3.8, 4) is 0 Å². The minimum atomic E-state index is -4.85. The Bertz CT molecular complexity index is 1310. The quantitative estimate of drug-likeness (QED) is 0.183. The first kappa shape index (κ1) is 26.5. The summed E-state index contributed by atoms with van der Waals surface area (Å²) in [6.45, 7) is 0. The lowest BCUT2D eigenvalue weighted by Gasteiger charge is -2.38. The highest BCUT2D eigenvalue weighted by molar-refractivity contribution is 7.86. The van der Waals surface area contributed by atoms with Crippen LogP contribution in [0.2, 0.25) is 0 Å². The van der Waals surface area contributed by atoms with E-state index in [1.165, 1.54) is 0 Å². The first-order chi connectivity index (χ1) is 14.2. The van der Waals surface area contributed by atoms with Gasteiger partial charge in [0.1, 0.15) is 0 Å². The van der Waals surface area contributed by atoms with Crippen LogP contribution >= 0.6 is 0 Å². The standard InChI is InChI=1S/C12H18N2O15S3/c1-30(20,21)27-8(16)7-11(18,28-31(2,22)23)12(19,29-32(3,24)25)9(26-7)14-5-4-6(15)13-10(14)17/h4-5,7-9,16,18-19H,1-3H3,(H,13,15,17)/t7-,8?,9-,11+,12-/m1/s1. The summed E-state index contributed by atoms with van der Waals surface area (Å²) in [6.07, 6.45) is -6.41. The zero-order chi connectivity index (χ0) is 24.9. The molecule has 4 N–H and O–H groups in total. The van der Waals surface area contributed by atoms with Crippen LogP contribution in [0.4, 0.5) is 0 Å². The van der Waals surface area contributed by atoms with Crippen LogP contribution in [-0.2, 0) is 47.6 Å². The van der Waals surface area contributed by atoms with Crippen molar-refractivity contribution >= 4 is 30.4 Å². The summed E-state index contributed by atoms with van der Waals surface area (Å²) in [4.78, 5) is 25.2. The van der Waals surface area contributed by atoms with Gasteiger partial charge in [0.15, 0.2) is 12.3 Å². The highest BCUT2D eigenvalue weighted by atomic mass is 32.2. The lowest BCUT2D eigenvalue weighted by atomic mass is 10.0. The van der Waals surface area contributed by atoms with E-state index in [1.54, 1.807) is 4.98 Å². The minimum Gasteiger partial charge on any atom is -0.365 e. The van der Waals surface area contributed by atoms with Crippen molar-refractivity contribution in [2.24, 2.45) is 0 Å². The van der Waals surface area contributed by atoms with Crippen LogP contribution in [0.3, 0.4) is 0 Å². The number of aliphatic hydroxyl groups excluding tert-OH is 1. The Balaban J connectivity index is 2.84. The minimum absolute atomic E-state index is 0.232. The number of H-pyrrole nitrogens is 1. The molecule has 0 saturated carbocycles. The fraction of sp³-hybridized carbons (Fsp3) is 0.667. The van der Waals surface area contributed by atoms with Gasteiger partial charge in [-0.05, 0) is 0 Å². The summed E-state index contributed by atoms with van der Waals surface area (Å²) in [7, 11) is -14.2. The molecule has 1 saturated heterocycles. The number of aromatic nitrogens is 2. The molecule has 184 valence electrons. The molecule has 2 rings (SSSR count). The molecule has 1 unspecified atom stereocenters. The highest BCUT2D eigenvalue weighted by Crippen LogP contribution is 2.49. The van der Waals surface area contributed by atoms with E-state index in [0.717, 1.165) is 0 Å². The zero-order valence-electron chi connectivity index (χ0n) is 16.3. The van der Waals surface area contributed by atoms with Gasteiger partial charge < -0.3 is 20.1 Å². The first-order valence-corrected chi connectivity index (χ1v) is 13.4. The molecule has 0 bridgehead atoms. The summed E-state index contributed by atoms with van der Waals surface area (Å²) in [5, 5.41) is 32.0. The van der Waals surface area contributed by atoms with Crippen LogP contribution < -0.4 is 11.2 Å². The van der Waals surface area contributed by atoms with Gasteiger partial charge in [0.2, 0.25) is 6.29 Å². The molecule has 1 aromatic rings. The number of aliphatic hydroxyl groups is 3. The molecule has 32 heavy (non-hydrogen) atoms. The number of aromatic amines is 1. The van der Waals surface area contributed by atoms with Gasteiger partial charge in [-0.2, -0.15) is 25.3 Å². The van der Waals surface area contributed by atoms with Gasteiger partial charge in [-0.1, -0.05) is 0 Å². The molecule has 0 aliphatic carbocycles. The summed E-state index contributed by atoms with van der Waals surface area (Å²) >= 11 is 0. The van der Waals surface area contributed by atoms with Gasteiger partial charge in [-0.15, -0.1) is 0 Å². The number of hydrogen-bond donors (Lipinski definition) is 4. The number of hydrogen-bond acceptors (Lipinski definition) is 15. The molecule has 1 aliphatic rings. The summed E-state index contributed by atoms with van der Waals surface area (Å²) in [6, 6.07) is 0.679. The maximum Gasteiger partial charge on any atom is 0.330 e. The Morgan fingerprint density at radius 1 is 1.00 bits per heavy atom. The average Bonchev–Trinajstić information content (AvgIpc) is 2.70. The molecule has 0 amide bonds. The molecular weight excluding hydrogens is 508 g/mol. The SMILES string of the molecule is CS(=O)(=O)OC(O)[C@H]1O[C@@H](n2ccc(=O)[nH]c2=O)[C@@](O)(OS(C)(=O)=O)[C@@]1(O)OS(C)(=O)=O. The molecule has 20 heteroatoms. The fourth-order valence-electron chi connectivity index (χ4n) is 2.73. The Labute approximate surface area is 180 Å². The molecule has 17 nitrogen and oxygen atoms in total. The van der Waals surface area contributed by atoms with Crippen molar-refractivity contribution in [3.63, 3.8) is 0 Å². The van der Waals surface area contributed by atoms with Crippen LogP contribution in [0.25, 0.3) is 0 Å². The lowest BCUT2D eigenvalue weighted by Crippen LogP contribution is -2.65. The van der Waals surface area contributed by atoms with Crippen molar-refractivity contribution < 1.29 is 57.9 Å². The molecule has 1 aromatic heterocycles. The number of nitrogens with zero attached hydrogens (tertiary/aromatic N) is 1. The first-order valence-electron chi connectivity index (χ1n) is 7.98. The maximum atomic E-state index is 12.2. The summed E-state index contributed by atoms with van der Waals surface area (Å²) < 4.78 is 88.0. The zero-order valence-corrected chi connectivity index (χ0v) is 18.7. The fourth-order valence-corrected chi connectivity index (χ4v) is 4.53. The molecule has 0 spiro atoms. The topological polar surface area (TPSA) is 255 Å². The molecule has 0 radical (unpaired) electrons. The van der Waals surface area contributed by atoms with E-state index in [-0.39, 0.29) is 4.57 Å². The predicted molar refractivity (Wildman–Crippen MR) is 98.9 cm³/mol. The molecule has 2 heterocycles. The normalized spacial score (nSPS) is 30.3. The van der Waals surface area contributed by atoms with E-state index in [2.05, 4.69) is 12.5 Å². The average molecular weight is 526 g/mol. The Morgan fingerprint density at radius 3 is 1.94 bits per heavy atom. The number of rotatable bonds is 8. The van der Waals surface area contributed by atoms with Crippen LogP contribution in [0, 0.1) is 0 Å². The van der Waals surface area contributed by atoms with Gasteiger partial charge >= 0.3 is 5.69 Å². The van der Waals surface area contributed by atoms with E-state index in [1.807, 2.05) is 0 Å². The van der Waals surface area contributed by atoms with Gasteiger partial charge in [-0.3, -0.25) is 14.3 Å². The van der Waals surface area contributed by atoms with Gasteiger partial charge in [0.05, 0.1) is 18.8 Å². The largest absolute Gasteiger partial charge is 0.365 e. The van der Waals surface area contributed by atoms with E-state index < -0.39 is 71.8 Å². The second-order valence-corrected chi connectivity index (χ2v) is 11.3. The second kappa shape index (κ2) is 8.23. The number of ether oxygens (including phenoxy) is 1. The van der Waals surface area contributed by atoms with Crippen LogP contribution in [0.15, 0.2) is 21.9 Å². The van der Waals surface area contributed by atoms with Crippen LogP contribution in [0.5, 0.6) is 0 Å². The van der Waals surface area contributed by atoms with E-state index in [0.29, 0.717) is 31.0 Å². The van der Waals surface area contributed by atoms with Crippen LogP contribution in [-0.4, -0.2) is 92.9 Å². The molecule has 1 aliphatic heterocycles. The summed E-state index contributed by atoms with van der Waals surface area (Å²) in [5.74, 6) is -7.81. The lowest BCUT2D eigenvalue weighted by molar-refractivity contribution is -0.335. The molecule has 0 aromatic carbocycles. The van der Waals surface area contributed by atoms with Crippen molar-refractivity contribution in [3.05, 3.63) is 33.1 Å². The maximum absolute atomic E-state index is 12.2. The Kier molecular flexibility index (Phi) is 6.82. The Hall–Kier alpha value is -1.75. The van der Waals surface area contributed by atoms with Crippen molar-refractivity contribution in [2.45, 2.75) is 30.2 Å². The Morgan fingerprint density at radius 2 is 1.50 bits per heavy atom. The monoisotopic (exact) mass is 526 g/mol. The summed E-state index contributed by atoms with van der Waals surface area (Å²) in [5.41, 5.74) is -2.35. The molecule has 1 fully saturated rings. The van der Waals surface area contributed by atoms with Crippen molar-refractivity contribution in [1.29, 1.82) is 0 Å². The van der Waals surface area contributed by atoms with Gasteiger partial charge in [0.25, 0.3) is 47.5 Å². The highest BCUT2D eigenvalue weighted by Gasteiger charge is 2.75. The number of nitrogens with one attached hydrogen (secondary N) is 1. The molecular formula is C12H18N2O15S3. The smallest absolute Gasteiger partial charge is 0.330 e. The molecule has 5 atom stereocenters. The second-order valence-electron chi connectivity index (χ2n) is 6.59. The van der Waals surface area contributed by atoms with Crippen LogP contribution in [0.1, 0.15) is 6.23 Å².